The van der Waals surface area contributed by atoms with Crippen molar-refractivity contribution >= 4 is 29.0 Å². The summed E-state index contributed by atoms with van der Waals surface area (Å²) in [6.07, 6.45) is 1.62. The number of benzene rings is 2. The van der Waals surface area contributed by atoms with Crippen molar-refractivity contribution in [3.05, 3.63) is 83.0 Å². The van der Waals surface area contributed by atoms with Gasteiger partial charge in [-0.15, -0.1) is 0 Å². The number of halogens is 1. The number of carbonyl (C=O) groups is 1. The van der Waals surface area contributed by atoms with E-state index in [1.54, 1.807) is 0 Å². The molecule has 0 saturated carbocycles. The molecule has 6 nitrogen and oxygen atoms in total. The number of nitrogens with zero attached hydrogens (tertiary/aromatic N) is 4. The SMILES string of the molecule is Cc1cc(N2CCC(C(=O)NCc3ccc(Cl)cc3)CC2)n2nc(-c3ccccc3)cc2n1. The van der Waals surface area contributed by atoms with E-state index in [1.807, 2.05) is 60.0 Å². The predicted molar refractivity (Wildman–Crippen MR) is 131 cm³/mol. The van der Waals surface area contributed by atoms with Crippen molar-refractivity contribution in [3.63, 3.8) is 0 Å². The summed E-state index contributed by atoms with van der Waals surface area (Å²) < 4.78 is 1.93. The van der Waals surface area contributed by atoms with Crippen LogP contribution in [-0.2, 0) is 11.3 Å². The fraction of sp³-hybridized carbons (Fsp3) is 0.269. The molecule has 168 valence electrons. The third kappa shape index (κ3) is 4.71. The second kappa shape index (κ2) is 9.24. The lowest BCUT2D eigenvalue weighted by atomic mass is 9.95. The smallest absolute Gasteiger partial charge is 0.223 e. The highest BCUT2D eigenvalue weighted by atomic mass is 35.5. The molecule has 7 heteroatoms. The van der Waals surface area contributed by atoms with E-state index < -0.39 is 0 Å². The van der Waals surface area contributed by atoms with E-state index in [2.05, 4.69) is 33.4 Å². The standard InChI is InChI=1S/C26H26ClN5O/c1-18-15-25(32-24(29-18)16-23(30-32)20-5-3-2-4-6-20)31-13-11-21(12-14-31)26(33)28-17-19-7-9-22(27)10-8-19/h2-10,15-16,21H,11-14,17H2,1H3,(H,28,33). The number of carbonyl (C=O) groups excluding carboxylic acids is 1. The van der Waals surface area contributed by atoms with Crippen molar-refractivity contribution in [2.24, 2.45) is 5.92 Å². The fourth-order valence-corrected chi connectivity index (χ4v) is 4.49. The van der Waals surface area contributed by atoms with Gasteiger partial charge in [0, 0.05) is 54.0 Å². The second-order valence-electron chi connectivity index (χ2n) is 8.53. The lowest BCUT2D eigenvalue weighted by Gasteiger charge is -2.33. The van der Waals surface area contributed by atoms with Gasteiger partial charge in [-0.2, -0.15) is 9.61 Å². The number of hydrogen-bond acceptors (Lipinski definition) is 4. The highest BCUT2D eigenvalue weighted by molar-refractivity contribution is 6.30. The van der Waals surface area contributed by atoms with Gasteiger partial charge >= 0.3 is 0 Å². The van der Waals surface area contributed by atoms with E-state index in [-0.39, 0.29) is 11.8 Å². The van der Waals surface area contributed by atoms with Crippen LogP contribution in [0.1, 0.15) is 24.1 Å². The van der Waals surface area contributed by atoms with E-state index in [0.717, 1.165) is 59.9 Å². The molecule has 0 aliphatic carbocycles. The Bertz CT molecular complexity index is 1260. The summed E-state index contributed by atoms with van der Waals surface area (Å²) in [5, 5.41) is 8.62. The van der Waals surface area contributed by atoms with Gasteiger partial charge in [0.25, 0.3) is 0 Å². The minimum absolute atomic E-state index is 0.0180. The predicted octanol–water partition coefficient (Wildman–Crippen LogP) is 4.89. The van der Waals surface area contributed by atoms with E-state index in [4.69, 9.17) is 16.7 Å². The largest absolute Gasteiger partial charge is 0.356 e. The van der Waals surface area contributed by atoms with Crippen molar-refractivity contribution in [2.45, 2.75) is 26.3 Å². The first-order chi connectivity index (χ1) is 16.1. The molecule has 1 amide bonds. The molecule has 2 aromatic carbocycles. The van der Waals surface area contributed by atoms with Crippen LogP contribution in [0.15, 0.2) is 66.7 Å². The van der Waals surface area contributed by atoms with Crippen LogP contribution in [0.3, 0.4) is 0 Å². The van der Waals surface area contributed by atoms with Gasteiger partial charge in [0.1, 0.15) is 5.82 Å². The van der Waals surface area contributed by atoms with Crippen molar-refractivity contribution in [2.75, 3.05) is 18.0 Å². The number of fused-ring (bicyclic) bond motifs is 1. The molecule has 1 N–H and O–H groups in total. The van der Waals surface area contributed by atoms with Gasteiger partial charge in [0.15, 0.2) is 5.65 Å². The number of aryl methyl sites for hydroxylation is 1. The number of nitrogens with one attached hydrogen (secondary N) is 1. The Labute approximate surface area is 198 Å². The Morgan fingerprint density at radius 3 is 2.52 bits per heavy atom. The van der Waals surface area contributed by atoms with Crippen LogP contribution in [0.2, 0.25) is 5.02 Å². The lowest BCUT2D eigenvalue weighted by molar-refractivity contribution is -0.125. The number of rotatable bonds is 5. The fourth-order valence-electron chi connectivity index (χ4n) is 4.36. The molecule has 1 fully saturated rings. The number of anilines is 1. The molecular weight excluding hydrogens is 434 g/mol. The number of aromatic nitrogens is 3. The third-order valence-electron chi connectivity index (χ3n) is 6.18. The minimum Gasteiger partial charge on any atom is -0.356 e. The summed E-state index contributed by atoms with van der Waals surface area (Å²) in [4.78, 5) is 19.7. The first-order valence-electron chi connectivity index (χ1n) is 11.3. The zero-order valence-electron chi connectivity index (χ0n) is 18.5. The Morgan fingerprint density at radius 1 is 1.06 bits per heavy atom. The summed E-state index contributed by atoms with van der Waals surface area (Å²) in [7, 11) is 0. The molecule has 0 unspecified atom stereocenters. The zero-order valence-corrected chi connectivity index (χ0v) is 19.3. The maximum absolute atomic E-state index is 12.7. The monoisotopic (exact) mass is 459 g/mol. The van der Waals surface area contributed by atoms with Crippen molar-refractivity contribution < 1.29 is 4.79 Å². The number of hydrogen-bond donors (Lipinski definition) is 1. The molecule has 0 radical (unpaired) electrons. The van der Waals surface area contributed by atoms with Crippen molar-refractivity contribution in [1.29, 1.82) is 0 Å². The van der Waals surface area contributed by atoms with Gasteiger partial charge in [-0.25, -0.2) is 4.98 Å². The molecular formula is C26H26ClN5O. The topological polar surface area (TPSA) is 62.5 Å². The van der Waals surface area contributed by atoms with E-state index in [9.17, 15) is 4.79 Å². The maximum atomic E-state index is 12.7. The number of piperidine rings is 1. The third-order valence-corrected chi connectivity index (χ3v) is 6.43. The molecule has 5 rings (SSSR count). The number of amides is 1. The molecule has 2 aromatic heterocycles. The molecule has 4 aromatic rings. The van der Waals surface area contributed by atoms with Crippen LogP contribution in [0, 0.1) is 12.8 Å². The molecule has 0 spiro atoms. The summed E-state index contributed by atoms with van der Waals surface area (Å²) in [6.45, 7) is 4.14. The van der Waals surface area contributed by atoms with E-state index >= 15 is 0 Å². The highest BCUT2D eigenvalue weighted by Gasteiger charge is 2.26. The maximum Gasteiger partial charge on any atom is 0.223 e. The first kappa shape index (κ1) is 21.5. The van der Waals surface area contributed by atoms with Crippen LogP contribution in [0.4, 0.5) is 5.82 Å². The van der Waals surface area contributed by atoms with E-state index in [0.29, 0.717) is 11.6 Å². The normalized spacial score (nSPS) is 14.5. The Hall–Kier alpha value is -3.38. The van der Waals surface area contributed by atoms with Gasteiger partial charge in [-0.1, -0.05) is 54.1 Å². The lowest BCUT2D eigenvalue weighted by Crippen LogP contribution is -2.41. The molecule has 33 heavy (non-hydrogen) atoms. The molecule has 1 aliphatic heterocycles. The van der Waals surface area contributed by atoms with Gasteiger partial charge in [0.2, 0.25) is 5.91 Å². The quantitative estimate of drug-likeness (QED) is 0.461. The summed E-state index contributed by atoms with van der Waals surface area (Å²) in [5.41, 5.74) is 4.83. The highest BCUT2D eigenvalue weighted by Crippen LogP contribution is 2.27. The first-order valence-corrected chi connectivity index (χ1v) is 11.6. The minimum atomic E-state index is 0.0180. The zero-order chi connectivity index (χ0) is 22.8. The Kier molecular flexibility index (Phi) is 6.01. The molecule has 0 atom stereocenters. The molecule has 1 aliphatic rings. The van der Waals surface area contributed by atoms with Crippen molar-refractivity contribution in [1.82, 2.24) is 19.9 Å². The molecule has 3 heterocycles. The van der Waals surface area contributed by atoms with Crippen LogP contribution in [0.5, 0.6) is 0 Å². The van der Waals surface area contributed by atoms with Crippen molar-refractivity contribution in [3.8, 4) is 11.3 Å². The van der Waals surface area contributed by atoms with E-state index in [1.165, 1.54) is 0 Å². The molecule has 1 saturated heterocycles. The average molecular weight is 460 g/mol. The molecule has 0 bridgehead atoms. The van der Waals surface area contributed by atoms with Crippen LogP contribution >= 0.6 is 11.6 Å². The summed E-state index contributed by atoms with van der Waals surface area (Å²) in [5.74, 6) is 1.16. The van der Waals surface area contributed by atoms with Crippen LogP contribution in [-0.4, -0.2) is 33.6 Å². The average Bonchev–Trinajstić information content (AvgIpc) is 3.28. The second-order valence-corrected chi connectivity index (χ2v) is 8.96. The summed E-state index contributed by atoms with van der Waals surface area (Å²) in [6, 6.07) is 21.8. The van der Waals surface area contributed by atoms with Gasteiger partial charge in [-0.3, -0.25) is 4.79 Å². The van der Waals surface area contributed by atoms with Gasteiger partial charge in [0.05, 0.1) is 5.69 Å². The Morgan fingerprint density at radius 2 is 1.79 bits per heavy atom. The summed E-state index contributed by atoms with van der Waals surface area (Å²) >= 11 is 5.94. The van der Waals surface area contributed by atoms with Gasteiger partial charge in [-0.05, 0) is 37.5 Å². The van der Waals surface area contributed by atoms with Crippen LogP contribution in [0.25, 0.3) is 16.9 Å². The van der Waals surface area contributed by atoms with Crippen LogP contribution < -0.4 is 10.2 Å². The Balaban J connectivity index is 1.27. The van der Waals surface area contributed by atoms with Gasteiger partial charge < -0.3 is 10.2 Å².